The Balaban J connectivity index is 2.04. The number of halogens is 2. The summed E-state index contributed by atoms with van der Waals surface area (Å²) in [5.74, 6) is 0. The summed E-state index contributed by atoms with van der Waals surface area (Å²) >= 11 is 12.0. The molecule has 0 aliphatic heterocycles. The highest BCUT2D eigenvalue weighted by Gasteiger charge is 2.07. The van der Waals surface area contributed by atoms with Crippen molar-refractivity contribution < 1.29 is 0 Å². The normalized spacial score (nSPS) is 10.7. The van der Waals surface area contributed by atoms with E-state index in [1.54, 1.807) is 24.5 Å². The van der Waals surface area contributed by atoms with Gasteiger partial charge in [0, 0.05) is 28.2 Å². The number of benzene rings is 2. The van der Waals surface area contributed by atoms with Crippen LogP contribution in [-0.2, 0) is 0 Å². The predicted octanol–water partition coefficient (Wildman–Crippen LogP) is 4.87. The van der Waals surface area contributed by atoms with E-state index in [2.05, 4.69) is 10.3 Å². The highest BCUT2D eigenvalue weighted by molar-refractivity contribution is 6.36. The Labute approximate surface area is 126 Å². The molecule has 0 aliphatic carbocycles. The molecule has 0 radical (unpaired) electrons. The van der Waals surface area contributed by atoms with Crippen LogP contribution < -0.4 is 11.1 Å². The van der Waals surface area contributed by atoms with Crippen LogP contribution in [0.2, 0.25) is 10.0 Å². The lowest BCUT2D eigenvalue weighted by molar-refractivity contribution is 1.36. The summed E-state index contributed by atoms with van der Waals surface area (Å²) in [7, 11) is 0. The molecule has 3 aromatic rings. The van der Waals surface area contributed by atoms with E-state index in [1.165, 1.54) is 0 Å². The summed E-state index contributed by atoms with van der Waals surface area (Å²) in [5, 5.41) is 6.32. The maximum Gasteiger partial charge on any atom is 0.0655 e. The fourth-order valence-corrected chi connectivity index (χ4v) is 2.49. The zero-order chi connectivity index (χ0) is 14.1. The average Bonchev–Trinajstić information content (AvgIpc) is 2.45. The zero-order valence-electron chi connectivity index (χ0n) is 10.4. The van der Waals surface area contributed by atoms with E-state index in [9.17, 15) is 0 Å². The van der Waals surface area contributed by atoms with Crippen LogP contribution in [0.3, 0.4) is 0 Å². The first-order valence-electron chi connectivity index (χ1n) is 5.99. The summed E-state index contributed by atoms with van der Waals surface area (Å²) in [6.45, 7) is 0. The molecule has 0 fully saturated rings. The van der Waals surface area contributed by atoms with Crippen LogP contribution in [0.4, 0.5) is 17.1 Å². The highest BCUT2D eigenvalue weighted by Crippen LogP contribution is 2.33. The molecule has 100 valence electrons. The molecule has 5 heteroatoms. The molecular weight excluding hydrogens is 293 g/mol. The monoisotopic (exact) mass is 303 g/mol. The maximum atomic E-state index is 6.19. The third-order valence-electron chi connectivity index (χ3n) is 3.06. The summed E-state index contributed by atoms with van der Waals surface area (Å²) in [4.78, 5) is 4.08. The molecule has 1 aromatic heterocycles. The molecule has 0 bridgehead atoms. The fraction of sp³-hybridized carbons (Fsp3) is 0. The molecule has 3 nitrogen and oxygen atoms in total. The van der Waals surface area contributed by atoms with Crippen LogP contribution in [-0.4, -0.2) is 4.98 Å². The van der Waals surface area contributed by atoms with Crippen LogP contribution in [0.25, 0.3) is 10.8 Å². The average molecular weight is 304 g/mol. The SMILES string of the molecule is Nc1c(Nc2ccc(Cl)cc2Cl)ccc2cnccc12. The van der Waals surface area contributed by atoms with E-state index in [0.717, 1.165) is 22.1 Å². The van der Waals surface area contributed by atoms with Crippen LogP contribution in [0.15, 0.2) is 48.8 Å². The Morgan fingerprint density at radius 2 is 1.80 bits per heavy atom. The quantitative estimate of drug-likeness (QED) is 0.664. The summed E-state index contributed by atoms with van der Waals surface area (Å²) < 4.78 is 0. The van der Waals surface area contributed by atoms with Gasteiger partial charge in [0.1, 0.15) is 0 Å². The smallest absolute Gasteiger partial charge is 0.0655 e. The van der Waals surface area contributed by atoms with Gasteiger partial charge >= 0.3 is 0 Å². The van der Waals surface area contributed by atoms with Gasteiger partial charge in [-0.1, -0.05) is 29.3 Å². The van der Waals surface area contributed by atoms with Crippen LogP contribution in [0, 0.1) is 0 Å². The first-order chi connectivity index (χ1) is 9.65. The molecule has 0 amide bonds. The number of nitrogen functional groups attached to an aromatic ring is 1. The second kappa shape index (κ2) is 5.19. The molecule has 0 saturated carbocycles. The molecule has 2 aromatic carbocycles. The molecule has 3 rings (SSSR count). The van der Waals surface area contributed by atoms with Crippen LogP contribution >= 0.6 is 23.2 Å². The van der Waals surface area contributed by atoms with Gasteiger partial charge in [-0.15, -0.1) is 0 Å². The molecule has 1 heterocycles. The maximum absolute atomic E-state index is 6.19. The van der Waals surface area contributed by atoms with Gasteiger partial charge in [0.05, 0.1) is 22.1 Å². The molecule has 0 aliphatic rings. The number of hydrogen-bond acceptors (Lipinski definition) is 3. The van der Waals surface area contributed by atoms with Crippen molar-refractivity contribution >= 4 is 51.0 Å². The fourth-order valence-electron chi connectivity index (χ4n) is 2.04. The zero-order valence-corrected chi connectivity index (χ0v) is 11.9. The molecule has 0 spiro atoms. The lowest BCUT2D eigenvalue weighted by atomic mass is 10.1. The lowest BCUT2D eigenvalue weighted by Gasteiger charge is -2.13. The summed E-state index contributed by atoms with van der Waals surface area (Å²) in [5.41, 5.74) is 8.41. The van der Waals surface area contributed by atoms with E-state index in [-0.39, 0.29) is 0 Å². The third-order valence-corrected chi connectivity index (χ3v) is 3.61. The van der Waals surface area contributed by atoms with E-state index < -0.39 is 0 Å². The van der Waals surface area contributed by atoms with E-state index >= 15 is 0 Å². The second-order valence-corrected chi connectivity index (χ2v) is 5.22. The van der Waals surface area contributed by atoms with Crippen molar-refractivity contribution in [3.05, 3.63) is 58.8 Å². The van der Waals surface area contributed by atoms with Crippen molar-refractivity contribution in [2.24, 2.45) is 0 Å². The second-order valence-electron chi connectivity index (χ2n) is 4.37. The Hall–Kier alpha value is -1.97. The lowest BCUT2D eigenvalue weighted by Crippen LogP contribution is -1.98. The summed E-state index contributed by atoms with van der Waals surface area (Å²) in [6.07, 6.45) is 3.50. The van der Waals surface area contributed by atoms with Crippen molar-refractivity contribution in [1.82, 2.24) is 4.98 Å². The molecule has 20 heavy (non-hydrogen) atoms. The van der Waals surface area contributed by atoms with Gasteiger partial charge in [-0.2, -0.15) is 0 Å². The Bertz CT molecular complexity index is 787. The number of nitrogens with zero attached hydrogens (tertiary/aromatic N) is 1. The molecule has 0 saturated heterocycles. The summed E-state index contributed by atoms with van der Waals surface area (Å²) in [6, 6.07) is 11.0. The number of hydrogen-bond donors (Lipinski definition) is 2. The molecular formula is C15H11Cl2N3. The highest BCUT2D eigenvalue weighted by atomic mass is 35.5. The van der Waals surface area contributed by atoms with Gasteiger partial charge in [0.2, 0.25) is 0 Å². The molecule has 0 unspecified atom stereocenters. The number of nitrogens with two attached hydrogens (primary N) is 1. The number of anilines is 3. The van der Waals surface area contributed by atoms with Crippen molar-refractivity contribution in [2.45, 2.75) is 0 Å². The van der Waals surface area contributed by atoms with Crippen molar-refractivity contribution in [2.75, 3.05) is 11.1 Å². The Kier molecular flexibility index (Phi) is 3.38. The minimum atomic E-state index is 0.548. The standard InChI is InChI=1S/C15H11Cl2N3/c16-10-2-4-13(12(17)7-10)20-14-3-1-9-8-19-6-5-11(9)15(14)18/h1-8,20H,18H2. The Morgan fingerprint density at radius 3 is 2.60 bits per heavy atom. The van der Waals surface area contributed by atoms with Crippen molar-refractivity contribution in [3.8, 4) is 0 Å². The number of fused-ring (bicyclic) bond motifs is 1. The predicted molar refractivity (Wildman–Crippen MR) is 85.9 cm³/mol. The van der Waals surface area contributed by atoms with Crippen molar-refractivity contribution in [1.29, 1.82) is 0 Å². The Morgan fingerprint density at radius 1 is 1.00 bits per heavy atom. The van der Waals surface area contributed by atoms with E-state index in [0.29, 0.717) is 15.7 Å². The number of pyridine rings is 1. The van der Waals surface area contributed by atoms with Gasteiger partial charge in [-0.25, -0.2) is 0 Å². The first-order valence-corrected chi connectivity index (χ1v) is 6.75. The van der Waals surface area contributed by atoms with Crippen LogP contribution in [0.5, 0.6) is 0 Å². The van der Waals surface area contributed by atoms with Gasteiger partial charge in [-0.05, 0) is 30.3 Å². The van der Waals surface area contributed by atoms with Gasteiger partial charge in [0.25, 0.3) is 0 Å². The molecule has 0 atom stereocenters. The topological polar surface area (TPSA) is 50.9 Å². The van der Waals surface area contributed by atoms with Crippen LogP contribution in [0.1, 0.15) is 0 Å². The van der Waals surface area contributed by atoms with Gasteiger partial charge in [0.15, 0.2) is 0 Å². The van der Waals surface area contributed by atoms with Gasteiger partial charge in [-0.3, -0.25) is 4.98 Å². The third kappa shape index (κ3) is 2.38. The van der Waals surface area contributed by atoms with Crippen molar-refractivity contribution in [3.63, 3.8) is 0 Å². The minimum Gasteiger partial charge on any atom is -0.397 e. The van der Waals surface area contributed by atoms with E-state index in [4.69, 9.17) is 28.9 Å². The minimum absolute atomic E-state index is 0.548. The van der Waals surface area contributed by atoms with E-state index in [1.807, 2.05) is 24.3 Å². The number of aromatic nitrogens is 1. The largest absolute Gasteiger partial charge is 0.397 e. The first kappa shape index (κ1) is 13.0. The molecule has 3 N–H and O–H groups in total. The number of rotatable bonds is 2. The van der Waals surface area contributed by atoms with Gasteiger partial charge < -0.3 is 11.1 Å². The number of nitrogens with one attached hydrogen (secondary N) is 1.